The molecule has 1 amide bonds. The van der Waals surface area contributed by atoms with Crippen molar-refractivity contribution in [1.82, 2.24) is 13.9 Å². The van der Waals surface area contributed by atoms with Gasteiger partial charge in [0, 0.05) is 26.2 Å². The van der Waals surface area contributed by atoms with Crippen molar-refractivity contribution < 1.29 is 26.0 Å². The standard InChI is InChI=1S/C22H31N3O6S2/c1-15-13-17(22(3,4)5)14-16(2)20(15)33(29,30)25-11-9-24(10-12-25)21(26)18-7-8-19(31-18)32(27,28)23-6/h7-8,13-14,23H,9-12H2,1-6H3. The number of hydrogen-bond donors (Lipinski definition) is 1. The van der Waals surface area contributed by atoms with Crippen molar-refractivity contribution in [2.24, 2.45) is 0 Å². The minimum atomic E-state index is -3.80. The van der Waals surface area contributed by atoms with E-state index in [1.807, 2.05) is 26.0 Å². The summed E-state index contributed by atoms with van der Waals surface area (Å²) >= 11 is 0. The zero-order valence-corrected chi connectivity index (χ0v) is 21.4. The Morgan fingerprint density at radius 2 is 1.52 bits per heavy atom. The lowest BCUT2D eigenvalue weighted by molar-refractivity contribution is 0.0660. The molecule has 0 aliphatic carbocycles. The number of furan rings is 1. The van der Waals surface area contributed by atoms with Gasteiger partial charge in [0.15, 0.2) is 5.76 Å². The molecule has 0 spiro atoms. The van der Waals surface area contributed by atoms with Crippen molar-refractivity contribution in [3.8, 4) is 0 Å². The van der Waals surface area contributed by atoms with Gasteiger partial charge in [-0.2, -0.15) is 4.31 Å². The highest BCUT2D eigenvalue weighted by molar-refractivity contribution is 7.89. The summed E-state index contributed by atoms with van der Waals surface area (Å²) in [5.41, 5.74) is 2.38. The summed E-state index contributed by atoms with van der Waals surface area (Å²) < 4.78 is 59.2. The van der Waals surface area contributed by atoms with Crippen LogP contribution in [-0.4, -0.2) is 65.2 Å². The summed E-state index contributed by atoms with van der Waals surface area (Å²) in [5, 5.41) is -0.348. The van der Waals surface area contributed by atoms with Crippen LogP contribution in [0.3, 0.4) is 0 Å². The van der Waals surface area contributed by atoms with Gasteiger partial charge in [-0.15, -0.1) is 0 Å². The smallest absolute Gasteiger partial charge is 0.289 e. The summed E-state index contributed by atoms with van der Waals surface area (Å²) in [6.45, 7) is 10.5. The first-order valence-corrected chi connectivity index (χ1v) is 13.6. The average molecular weight is 498 g/mol. The van der Waals surface area contributed by atoms with Gasteiger partial charge in [0.25, 0.3) is 15.9 Å². The number of aryl methyl sites for hydroxylation is 2. The molecule has 3 rings (SSSR count). The molecule has 2 heterocycles. The Balaban J connectivity index is 1.76. The molecule has 0 bridgehead atoms. The minimum absolute atomic E-state index is 0.0952. The summed E-state index contributed by atoms with van der Waals surface area (Å²) in [4.78, 5) is 14.5. The summed E-state index contributed by atoms with van der Waals surface area (Å²) in [6, 6.07) is 6.37. The highest BCUT2D eigenvalue weighted by Crippen LogP contribution is 2.31. The molecule has 1 aromatic carbocycles. The van der Waals surface area contributed by atoms with E-state index in [9.17, 15) is 21.6 Å². The molecule has 0 unspecified atom stereocenters. The number of carbonyl (C=O) groups excluding carboxylic acids is 1. The lowest BCUT2D eigenvalue weighted by atomic mass is 9.85. The molecule has 33 heavy (non-hydrogen) atoms. The number of nitrogens with zero attached hydrogens (tertiary/aromatic N) is 2. The third-order valence-electron chi connectivity index (χ3n) is 5.78. The van der Waals surface area contributed by atoms with Crippen LogP contribution in [0.1, 0.15) is 48.0 Å². The molecule has 1 aliphatic rings. The molecule has 11 heteroatoms. The second kappa shape index (κ2) is 8.86. The van der Waals surface area contributed by atoms with E-state index in [1.54, 1.807) is 0 Å². The number of benzene rings is 1. The van der Waals surface area contributed by atoms with Crippen molar-refractivity contribution in [2.75, 3.05) is 33.2 Å². The van der Waals surface area contributed by atoms with Crippen LogP contribution in [0, 0.1) is 13.8 Å². The van der Waals surface area contributed by atoms with Crippen molar-refractivity contribution in [2.45, 2.75) is 50.0 Å². The molecular weight excluding hydrogens is 466 g/mol. The van der Waals surface area contributed by atoms with Gasteiger partial charge >= 0.3 is 0 Å². The Hall–Kier alpha value is -2.21. The minimum Gasteiger partial charge on any atom is -0.438 e. The molecule has 1 saturated heterocycles. The summed E-state index contributed by atoms with van der Waals surface area (Å²) in [6.07, 6.45) is 0. The highest BCUT2D eigenvalue weighted by atomic mass is 32.2. The van der Waals surface area contributed by atoms with Crippen LogP contribution in [0.5, 0.6) is 0 Å². The average Bonchev–Trinajstić information content (AvgIpc) is 3.23. The van der Waals surface area contributed by atoms with E-state index >= 15 is 0 Å². The fourth-order valence-electron chi connectivity index (χ4n) is 3.89. The second-order valence-corrected chi connectivity index (χ2v) is 12.9. The van der Waals surface area contributed by atoms with Crippen LogP contribution in [0.25, 0.3) is 0 Å². The molecule has 1 aliphatic heterocycles. The van der Waals surface area contributed by atoms with E-state index in [0.717, 1.165) is 5.56 Å². The van der Waals surface area contributed by atoms with E-state index in [1.165, 1.54) is 28.4 Å². The summed E-state index contributed by atoms with van der Waals surface area (Å²) in [7, 11) is -6.28. The number of piperazine rings is 1. The van der Waals surface area contributed by atoms with Crippen molar-refractivity contribution in [1.29, 1.82) is 0 Å². The zero-order chi connectivity index (χ0) is 24.8. The van der Waals surface area contributed by atoms with Crippen LogP contribution in [0.4, 0.5) is 0 Å². The Labute approximate surface area is 195 Å². The van der Waals surface area contributed by atoms with E-state index in [4.69, 9.17) is 4.42 Å². The lowest BCUT2D eigenvalue weighted by Gasteiger charge is -2.34. The molecule has 0 atom stereocenters. The van der Waals surface area contributed by atoms with Crippen LogP contribution < -0.4 is 4.72 Å². The van der Waals surface area contributed by atoms with E-state index < -0.39 is 26.0 Å². The topological polar surface area (TPSA) is 117 Å². The van der Waals surface area contributed by atoms with E-state index in [-0.39, 0.29) is 42.4 Å². The molecule has 2 aromatic rings. The molecule has 1 N–H and O–H groups in total. The molecule has 1 fully saturated rings. The lowest BCUT2D eigenvalue weighted by Crippen LogP contribution is -2.50. The maximum absolute atomic E-state index is 13.4. The SMILES string of the molecule is CNS(=O)(=O)c1ccc(C(=O)N2CCN(S(=O)(=O)c3c(C)cc(C(C)(C)C)cc3C)CC2)o1. The normalized spacial score (nSPS) is 16.2. The Morgan fingerprint density at radius 1 is 0.970 bits per heavy atom. The predicted molar refractivity (Wildman–Crippen MR) is 124 cm³/mol. The number of rotatable bonds is 5. The van der Waals surface area contributed by atoms with Crippen molar-refractivity contribution >= 4 is 26.0 Å². The summed E-state index contributed by atoms with van der Waals surface area (Å²) in [5.74, 6) is -0.587. The van der Waals surface area contributed by atoms with Crippen LogP contribution in [0.15, 0.2) is 38.7 Å². The first-order valence-electron chi connectivity index (χ1n) is 10.6. The van der Waals surface area contributed by atoms with Crippen LogP contribution in [-0.2, 0) is 25.5 Å². The van der Waals surface area contributed by atoms with Gasteiger partial charge < -0.3 is 9.32 Å². The van der Waals surface area contributed by atoms with Crippen LogP contribution in [0.2, 0.25) is 0 Å². The van der Waals surface area contributed by atoms with Gasteiger partial charge in [-0.25, -0.2) is 21.6 Å². The predicted octanol–water partition coefficient (Wildman–Crippen LogP) is 2.25. The molecular formula is C22H31N3O6S2. The van der Waals surface area contributed by atoms with E-state index in [2.05, 4.69) is 25.5 Å². The first kappa shape index (κ1) is 25.4. The van der Waals surface area contributed by atoms with Gasteiger partial charge in [-0.3, -0.25) is 4.79 Å². The number of sulfonamides is 2. The quantitative estimate of drug-likeness (QED) is 0.677. The maximum atomic E-state index is 13.4. The van der Waals surface area contributed by atoms with Crippen molar-refractivity contribution in [3.05, 3.63) is 46.7 Å². The van der Waals surface area contributed by atoms with Crippen molar-refractivity contribution in [3.63, 3.8) is 0 Å². The molecule has 9 nitrogen and oxygen atoms in total. The molecule has 0 saturated carbocycles. The van der Waals surface area contributed by atoms with Crippen LogP contribution >= 0.6 is 0 Å². The van der Waals surface area contributed by atoms with Gasteiger partial charge in [0.1, 0.15) is 0 Å². The highest BCUT2D eigenvalue weighted by Gasteiger charge is 2.34. The molecule has 1 aromatic heterocycles. The zero-order valence-electron chi connectivity index (χ0n) is 19.8. The molecule has 0 radical (unpaired) electrons. The monoisotopic (exact) mass is 497 g/mol. The fourth-order valence-corrected chi connectivity index (χ4v) is 6.37. The first-order chi connectivity index (χ1) is 15.2. The van der Waals surface area contributed by atoms with Gasteiger partial charge in [-0.1, -0.05) is 32.9 Å². The van der Waals surface area contributed by atoms with Gasteiger partial charge in [0.2, 0.25) is 15.1 Å². The Morgan fingerprint density at radius 3 is 2.00 bits per heavy atom. The third-order valence-corrected chi connectivity index (χ3v) is 9.27. The Kier molecular flexibility index (Phi) is 6.82. The molecule has 182 valence electrons. The fraction of sp³-hybridized carbons (Fsp3) is 0.500. The second-order valence-electron chi connectivity index (χ2n) is 9.21. The third kappa shape index (κ3) is 5.01. The van der Waals surface area contributed by atoms with E-state index in [0.29, 0.717) is 16.0 Å². The van der Waals surface area contributed by atoms with Gasteiger partial charge in [0.05, 0.1) is 4.90 Å². The number of nitrogens with one attached hydrogen (secondary N) is 1. The largest absolute Gasteiger partial charge is 0.438 e. The maximum Gasteiger partial charge on any atom is 0.289 e. The number of hydrogen-bond acceptors (Lipinski definition) is 6. The van der Waals surface area contributed by atoms with Gasteiger partial charge in [-0.05, 0) is 55.1 Å². The Bertz CT molecular complexity index is 1240. The number of carbonyl (C=O) groups is 1. The number of amides is 1.